The molecule has 0 saturated carbocycles. The van der Waals surface area contributed by atoms with Gasteiger partial charge >= 0.3 is 0 Å². The molecule has 144 valence electrons. The van der Waals surface area contributed by atoms with Gasteiger partial charge in [-0.05, 0) is 18.6 Å². The first-order valence-electron chi connectivity index (χ1n) is 9.39. The van der Waals surface area contributed by atoms with E-state index in [0.717, 1.165) is 43.1 Å². The maximum atomic E-state index is 12.3. The Kier molecular flexibility index (Phi) is 7.12. The van der Waals surface area contributed by atoms with Gasteiger partial charge in [0.05, 0.1) is 18.8 Å². The highest BCUT2D eigenvalue weighted by atomic mass is 16.5. The fourth-order valence-corrected chi connectivity index (χ4v) is 3.13. The van der Waals surface area contributed by atoms with E-state index in [9.17, 15) is 4.79 Å². The van der Waals surface area contributed by atoms with E-state index in [0.29, 0.717) is 26.2 Å². The van der Waals surface area contributed by atoms with Gasteiger partial charge in [-0.2, -0.15) is 0 Å². The van der Waals surface area contributed by atoms with E-state index >= 15 is 0 Å². The summed E-state index contributed by atoms with van der Waals surface area (Å²) >= 11 is 0. The van der Waals surface area contributed by atoms with Crippen LogP contribution in [0.15, 0.2) is 42.5 Å². The predicted octanol–water partition coefficient (Wildman–Crippen LogP) is 1.42. The van der Waals surface area contributed by atoms with Gasteiger partial charge in [0.1, 0.15) is 0 Å². The molecule has 0 aliphatic carbocycles. The van der Waals surface area contributed by atoms with Crippen molar-refractivity contribution in [3.8, 4) is 11.3 Å². The number of methoxy groups -OCH3 is 1. The zero-order valence-corrected chi connectivity index (χ0v) is 15.8. The number of nitrogens with one attached hydrogen (secondary N) is 1. The summed E-state index contributed by atoms with van der Waals surface area (Å²) in [6, 6.07) is 14.1. The first-order valence-corrected chi connectivity index (χ1v) is 9.39. The second kappa shape index (κ2) is 9.99. The zero-order valence-electron chi connectivity index (χ0n) is 15.8. The van der Waals surface area contributed by atoms with Gasteiger partial charge in [0.15, 0.2) is 5.82 Å². The molecule has 0 spiro atoms. The molecule has 0 bridgehead atoms. The van der Waals surface area contributed by atoms with Crippen LogP contribution in [0, 0.1) is 0 Å². The van der Waals surface area contributed by atoms with Gasteiger partial charge in [0, 0.05) is 45.4 Å². The van der Waals surface area contributed by atoms with Gasteiger partial charge in [-0.3, -0.25) is 4.79 Å². The Hall–Kier alpha value is -2.51. The topological polar surface area (TPSA) is 70.6 Å². The number of carbonyl (C=O) groups is 1. The van der Waals surface area contributed by atoms with E-state index in [2.05, 4.69) is 20.4 Å². The van der Waals surface area contributed by atoms with Crippen LogP contribution in [0.4, 0.5) is 5.82 Å². The summed E-state index contributed by atoms with van der Waals surface area (Å²) < 4.78 is 4.98. The normalized spacial score (nSPS) is 14.9. The molecule has 1 fully saturated rings. The van der Waals surface area contributed by atoms with Crippen molar-refractivity contribution in [1.29, 1.82) is 0 Å². The minimum atomic E-state index is 0.137. The second-order valence-corrected chi connectivity index (χ2v) is 6.53. The van der Waals surface area contributed by atoms with Crippen LogP contribution in [-0.2, 0) is 9.53 Å². The molecule has 1 N–H and O–H groups in total. The fourth-order valence-electron chi connectivity index (χ4n) is 3.13. The molecule has 7 heteroatoms. The smallest absolute Gasteiger partial charge is 0.236 e. The molecule has 2 aromatic rings. The maximum absolute atomic E-state index is 12.3. The quantitative estimate of drug-likeness (QED) is 0.745. The molecule has 1 aromatic heterocycles. The van der Waals surface area contributed by atoms with Crippen LogP contribution in [0.1, 0.15) is 6.42 Å². The number of nitrogens with zero attached hydrogens (tertiary/aromatic N) is 4. The van der Waals surface area contributed by atoms with Crippen LogP contribution in [0.25, 0.3) is 11.3 Å². The monoisotopic (exact) mass is 369 g/mol. The molecular weight excluding hydrogens is 342 g/mol. The molecule has 1 aliphatic heterocycles. The van der Waals surface area contributed by atoms with Crippen molar-refractivity contribution in [2.45, 2.75) is 6.42 Å². The number of hydrogen-bond acceptors (Lipinski definition) is 6. The van der Waals surface area contributed by atoms with Crippen LogP contribution in [0.5, 0.6) is 0 Å². The lowest BCUT2D eigenvalue weighted by Crippen LogP contribution is -2.41. The molecule has 1 saturated heterocycles. The van der Waals surface area contributed by atoms with Crippen molar-refractivity contribution >= 4 is 11.7 Å². The Morgan fingerprint density at radius 2 is 1.93 bits per heavy atom. The number of amides is 1. The van der Waals surface area contributed by atoms with Gasteiger partial charge in [-0.15, -0.1) is 10.2 Å². The first kappa shape index (κ1) is 19.3. The molecule has 0 unspecified atom stereocenters. The van der Waals surface area contributed by atoms with Crippen LogP contribution >= 0.6 is 0 Å². The van der Waals surface area contributed by atoms with Gasteiger partial charge in [-0.25, -0.2) is 0 Å². The fraction of sp³-hybridized carbons (Fsp3) is 0.450. The Bertz CT molecular complexity index is 708. The number of rotatable bonds is 7. The second-order valence-electron chi connectivity index (χ2n) is 6.53. The van der Waals surface area contributed by atoms with Crippen LogP contribution in [0.2, 0.25) is 0 Å². The molecule has 7 nitrogen and oxygen atoms in total. The van der Waals surface area contributed by atoms with Gasteiger partial charge in [-0.1, -0.05) is 30.3 Å². The molecule has 27 heavy (non-hydrogen) atoms. The summed E-state index contributed by atoms with van der Waals surface area (Å²) in [6.45, 7) is 4.77. The van der Waals surface area contributed by atoms with Crippen LogP contribution < -0.4 is 10.2 Å². The molecule has 0 atom stereocenters. The third kappa shape index (κ3) is 5.48. The number of anilines is 1. The van der Waals surface area contributed by atoms with Gasteiger partial charge in [0.25, 0.3) is 0 Å². The van der Waals surface area contributed by atoms with Crippen molar-refractivity contribution in [3.63, 3.8) is 0 Å². The predicted molar refractivity (Wildman–Crippen MR) is 106 cm³/mol. The van der Waals surface area contributed by atoms with E-state index in [1.54, 1.807) is 7.11 Å². The molecule has 3 rings (SSSR count). The minimum Gasteiger partial charge on any atom is -0.383 e. The number of aromatic nitrogens is 2. The summed E-state index contributed by atoms with van der Waals surface area (Å²) in [7, 11) is 1.65. The summed E-state index contributed by atoms with van der Waals surface area (Å²) in [5.74, 6) is 1.00. The molecule has 0 radical (unpaired) electrons. The molecule has 1 aliphatic rings. The van der Waals surface area contributed by atoms with E-state index in [-0.39, 0.29) is 5.91 Å². The average molecular weight is 369 g/mol. The standard InChI is InChI=1S/C20H27N5O2/c1-27-15-10-21-16-20(26)25-12-5-11-24(13-14-25)19-9-8-18(22-23-19)17-6-3-2-4-7-17/h2-4,6-9,21H,5,10-16H2,1H3. The Balaban J connectivity index is 1.54. The summed E-state index contributed by atoms with van der Waals surface area (Å²) in [5.41, 5.74) is 1.93. The summed E-state index contributed by atoms with van der Waals surface area (Å²) in [5, 5.41) is 11.9. The van der Waals surface area contributed by atoms with Gasteiger partial charge < -0.3 is 19.9 Å². The minimum absolute atomic E-state index is 0.137. The lowest BCUT2D eigenvalue weighted by atomic mass is 10.1. The number of benzene rings is 1. The number of carbonyl (C=O) groups excluding carboxylic acids is 1. The number of ether oxygens (including phenoxy) is 1. The molecule has 1 amide bonds. The van der Waals surface area contributed by atoms with Crippen molar-refractivity contribution in [2.24, 2.45) is 0 Å². The van der Waals surface area contributed by atoms with E-state index in [4.69, 9.17) is 4.74 Å². The maximum Gasteiger partial charge on any atom is 0.236 e. The number of hydrogen-bond donors (Lipinski definition) is 1. The lowest BCUT2D eigenvalue weighted by molar-refractivity contribution is -0.130. The molecule has 2 heterocycles. The van der Waals surface area contributed by atoms with E-state index in [1.807, 2.05) is 47.4 Å². The molecular formula is C20H27N5O2. The third-order valence-electron chi connectivity index (χ3n) is 4.65. The van der Waals surface area contributed by atoms with Crippen molar-refractivity contribution in [3.05, 3.63) is 42.5 Å². The Labute approximate surface area is 160 Å². The highest BCUT2D eigenvalue weighted by Crippen LogP contribution is 2.19. The first-order chi connectivity index (χ1) is 13.3. The van der Waals surface area contributed by atoms with E-state index in [1.165, 1.54) is 0 Å². The van der Waals surface area contributed by atoms with Gasteiger partial charge in [0.2, 0.25) is 5.91 Å². The van der Waals surface area contributed by atoms with Crippen molar-refractivity contribution in [1.82, 2.24) is 20.4 Å². The zero-order chi connectivity index (χ0) is 18.9. The highest BCUT2D eigenvalue weighted by Gasteiger charge is 2.19. The Morgan fingerprint density at radius 1 is 1.07 bits per heavy atom. The molecule has 1 aromatic carbocycles. The summed E-state index contributed by atoms with van der Waals surface area (Å²) in [6.07, 6.45) is 0.923. The van der Waals surface area contributed by atoms with Crippen molar-refractivity contribution in [2.75, 3.05) is 57.9 Å². The highest BCUT2D eigenvalue weighted by molar-refractivity contribution is 5.78. The largest absolute Gasteiger partial charge is 0.383 e. The third-order valence-corrected chi connectivity index (χ3v) is 4.65. The average Bonchev–Trinajstić information content (AvgIpc) is 2.98. The lowest BCUT2D eigenvalue weighted by Gasteiger charge is -2.22. The van der Waals surface area contributed by atoms with Crippen LogP contribution in [-0.4, -0.2) is 74.0 Å². The van der Waals surface area contributed by atoms with E-state index < -0.39 is 0 Å². The Morgan fingerprint density at radius 3 is 2.67 bits per heavy atom. The summed E-state index contributed by atoms with van der Waals surface area (Å²) in [4.78, 5) is 16.5. The van der Waals surface area contributed by atoms with Crippen molar-refractivity contribution < 1.29 is 9.53 Å². The van der Waals surface area contributed by atoms with Crippen LogP contribution in [0.3, 0.4) is 0 Å². The SMILES string of the molecule is COCCNCC(=O)N1CCCN(c2ccc(-c3ccccc3)nn2)CC1.